The molecule has 3 aromatic carbocycles. The first-order chi connectivity index (χ1) is 16.5. The van der Waals surface area contributed by atoms with E-state index in [1.54, 1.807) is 7.11 Å². The molecule has 0 aliphatic heterocycles. The molecule has 1 N–H and O–H groups in total. The SMILES string of the molecule is CCc1cc(COc2cccc(OC)c2Cn2cnc3cc(Br)ccc32)ccc1CCC(=O)O. The van der Waals surface area contributed by atoms with Gasteiger partial charge in [-0.05, 0) is 59.9 Å². The van der Waals surface area contributed by atoms with E-state index in [1.807, 2.05) is 54.9 Å². The zero-order valence-electron chi connectivity index (χ0n) is 19.3. The Bertz CT molecular complexity index is 1320. The van der Waals surface area contributed by atoms with Crippen LogP contribution in [0, 0.1) is 0 Å². The predicted octanol–water partition coefficient (Wildman–Crippen LogP) is 6.01. The van der Waals surface area contributed by atoms with Gasteiger partial charge in [-0.25, -0.2) is 4.98 Å². The first kappa shape index (κ1) is 23.8. The standard InChI is InChI=1S/C27H27BrN2O4/c1-3-19-13-18(7-8-20(19)9-12-27(31)32)16-34-26-6-4-5-25(33-2)22(26)15-30-17-29-23-14-21(28)10-11-24(23)30/h4-8,10-11,13-14,17H,3,9,12,15-16H2,1-2H3,(H,31,32). The predicted molar refractivity (Wildman–Crippen MR) is 136 cm³/mol. The highest BCUT2D eigenvalue weighted by Gasteiger charge is 2.14. The third kappa shape index (κ3) is 5.42. The van der Waals surface area contributed by atoms with E-state index >= 15 is 0 Å². The molecule has 0 spiro atoms. The van der Waals surface area contributed by atoms with Crippen molar-refractivity contribution in [3.63, 3.8) is 0 Å². The number of imidazole rings is 1. The van der Waals surface area contributed by atoms with Crippen molar-refractivity contribution in [2.75, 3.05) is 7.11 Å². The number of nitrogens with zero attached hydrogens (tertiary/aromatic N) is 2. The molecule has 0 atom stereocenters. The molecule has 1 aromatic heterocycles. The molecule has 0 bridgehead atoms. The van der Waals surface area contributed by atoms with Gasteiger partial charge in [-0.2, -0.15) is 0 Å². The average molecular weight is 523 g/mol. The fourth-order valence-electron chi connectivity index (χ4n) is 4.11. The van der Waals surface area contributed by atoms with E-state index in [1.165, 1.54) is 0 Å². The normalized spacial score (nSPS) is 11.0. The van der Waals surface area contributed by atoms with Crippen LogP contribution < -0.4 is 9.47 Å². The zero-order valence-corrected chi connectivity index (χ0v) is 20.8. The number of carboxylic acids is 1. The summed E-state index contributed by atoms with van der Waals surface area (Å²) >= 11 is 3.50. The van der Waals surface area contributed by atoms with Gasteiger partial charge in [0, 0.05) is 10.9 Å². The lowest BCUT2D eigenvalue weighted by atomic mass is 9.98. The van der Waals surface area contributed by atoms with E-state index in [0.717, 1.165) is 55.7 Å². The molecule has 0 aliphatic carbocycles. The Labute approximate surface area is 207 Å². The molecule has 1 heterocycles. The van der Waals surface area contributed by atoms with Gasteiger partial charge in [-0.1, -0.05) is 47.1 Å². The molecule has 0 radical (unpaired) electrons. The van der Waals surface area contributed by atoms with Crippen LogP contribution in [-0.2, 0) is 30.8 Å². The van der Waals surface area contributed by atoms with Crippen LogP contribution in [-0.4, -0.2) is 27.7 Å². The molecular formula is C27H27BrN2O4. The zero-order chi connectivity index (χ0) is 24.1. The second-order valence-corrected chi connectivity index (χ2v) is 9.00. The molecule has 0 aliphatic rings. The molecule has 0 unspecified atom stereocenters. The Balaban J connectivity index is 1.56. The molecule has 34 heavy (non-hydrogen) atoms. The van der Waals surface area contributed by atoms with Crippen molar-refractivity contribution < 1.29 is 19.4 Å². The Morgan fingerprint density at radius 2 is 1.91 bits per heavy atom. The average Bonchev–Trinajstić information content (AvgIpc) is 3.23. The largest absolute Gasteiger partial charge is 0.496 e. The summed E-state index contributed by atoms with van der Waals surface area (Å²) in [6.07, 6.45) is 3.35. The van der Waals surface area contributed by atoms with Gasteiger partial charge in [0.15, 0.2) is 0 Å². The van der Waals surface area contributed by atoms with Gasteiger partial charge in [0.2, 0.25) is 0 Å². The Morgan fingerprint density at radius 3 is 2.68 bits per heavy atom. The molecule has 6 nitrogen and oxygen atoms in total. The minimum Gasteiger partial charge on any atom is -0.496 e. The van der Waals surface area contributed by atoms with Crippen LogP contribution in [0.3, 0.4) is 0 Å². The van der Waals surface area contributed by atoms with E-state index in [4.69, 9.17) is 14.6 Å². The summed E-state index contributed by atoms with van der Waals surface area (Å²) < 4.78 is 15.0. The first-order valence-corrected chi connectivity index (χ1v) is 12.0. The highest BCUT2D eigenvalue weighted by molar-refractivity contribution is 9.10. The second kappa shape index (κ2) is 10.7. The maximum absolute atomic E-state index is 10.9. The number of carboxylic acid groups (broad SMARTS) is 1. The number of ether oxygens (including phenoxy) is 2. The Kier molecular flexibility index (Phi) is 7.53. The molecule has 0 saturated heterocycles. The summed E-state index contributed by atoms with van der Waals surface area (Å²) in [5.74, 6) is 0.736. The van der Waals surface area contributed by atoms with Crippen molar-refractivity contribution in [2.24, 2.45) is 0 Å². The molecule has 7 heteroatoms. The molecule has 4 aromatic rings. The maximum atomic E-state index is 10.9. The summed E-state index contributed by atoms with van der Waals surface area (Å²) in [6.45, 7) is 3.05. The topological polar surface area (TPSA) is 73.6 Å². The lowest BCUT2D eigenvalue weighted by Gasteiger charge is -2.17. The van der Waals surface area contributed by atoms with Gasteiger partial charge in [-0.15, -0.1) is 0 Å². The number of rotatable bonds is 10. The van der Waals surface area contributed by atoms with Gasteiger partial charge in [0.05, 0.1) is 36.6 Å². The van der Waals surface area contributed by atoms with E-state index in [9.17, 15) is 4.79 Å². The lowest BCUT2D eigenvalue weighted by molar-refractivity contribution is -0.136. The van der Waals surface area contributed by atoms with E-state index in [-0.39, 0.29) is 6.42 Å². The van der Waals surface area contributed by atoms with Crippen molar-refractivity contribution >= 4 is 32.9 Å². The van der Waals surface area contributed by atoms with Gasteiger partial charge in [0.25, 0.3) is 0 Å². The monoisotopic (exact) mass is 522 g/mol. The third-order valence-electron chi connectivity index (χ3n) is 5.88. The van der Waals surface area contributed by atoms with Crippen molar-refractivity contribution in [3.05, 3.63) is 87.7 Å². The fourth-order valence-corrected chi connectivity index (χ4v) is 4.45. The minimum absolute atomic E-state index is 0.135. The Hall–Kier alpha value is -3.32. The van der Waals surface area contributed by atoms with E-state index in [0.29, 0.717) is 19.6 Å². The quantitative estimate of drug-likeness (QED) is 0.276. The van der Waals surface area contributed by atoms with Crippen LogP contribution in [0.4, 0.5) is 0 Å². The number of carbonyl (C=O) groups is 1. The van der Waals surface area contributed by atoms with Crippen LogP contribution in [0.25, 0.3) is 11.0 Å². The van der Waals surface area contributed by atoms with Crippen LogP contribution in [0.1, 0.15) is 35.6 Å². The van der Waals surface area contributed by atoms with E-state index < -0.39 is 5.97 Å². The van der Waals surface area contributed by atoms with Gasteiger partial charge >= 0.3 is 5.97 Å². The molecular weight excluding hydrogens is 496 g/mol. The smallest absolute Gasteiger partial charge is 0.303 e. The van der Waals surface area contributed by atoms with Crippen molar-refractivity contribution in [1.82, 2.24) is 9.55 Å². The number of benzene rings is 3. The van der Waals surface area contributed by atoms with Crippen LogP contribution in [0.2, 0.25) is 0 Å². The second-order valence-electron chi connectivity index (χ2n) is 8.08. The van der Waals surface area contributed by atoms with Gasteiger partial charge in [0.1, 0.15) is 18.1 Å². The van der Waals surface area contributed by atoms with Crippen LogP contribution in [0.5, 0.6) is 11.5 Å². The number of halogens is 1. The summed E-state index contributed by atoms with van der Waals surface area (Å²) in [6, 6.07) is 18.0. The number of aryl methyl sites for hydroxylation is 2. The number of hydrogen-bond acceptors (Lipinski definition) is 4. The highest BCUT2D eigenvalue weighted by Crippen LogP contribution is 2.31. The molecule has 0 amide bonds. The molecule has 176 valence electrons. The summed E-state index contributed by atoms with van der Waals surface area (Å²) in [4.78, 5) is 15.5. The Morgan fingerprint density at radius 1 is 1.09 bits per heavy atom. The van der Waals surface area contributed by atoms with Crippen molar-refractivity contribution in [3.8, 4) is 11.5 Å². The number of methoxy groups -OCH3 is 1. The van der Waals surface area contributed by atoms with E-state index in [2.05, 4.69) is 38.5 Å². The van der Waals surface area contributed by atoms with Crippen molar-refractivity contribution in [2.45, 2.75) is 39.3 Å². The van der Waals surface area contributed by atoms with Crippen LogP contribution in [0.15, 0.2) is 65.4 Å². The fraction of sp³-hybridized carbons (Fsp3) is 0.259. The van der Waals surface area contributed by atoms with Crippen LogP contribution >= 0.6 is 15.9 Å². The summed E-state index contributed by atoms with van der Waals surface area (Å²) in [5.41, 5.74) is 6.17. The summed E-state index contributed by atoms with van der Waals surface area (Å²) in [5, 5.41) is 9.00. The third-order valence-corrected chi connectivity index (χ3v) is 6.37. The number of aliphatic carboxylic acids is 1. The van der Waals surface area contributed by atoms with Gasteiger partial charge in [-0.3, -0.25) is 4.79 Å². The highest BCUT2D eigenvalue weighted by atomic mass is 79.9. The number of hydrogen-bond donors (Lipinski definition) is 1. The summed E-state index contributed by atoms with van der Waals surface area (Å²) in [7, 11) is 1.66. The maximum Gasteiger partial charge on any atom is 0.303 e. The first-order valence-electron chi connectivity index (χ1n) is 11.2. The molecule has 0 fully saturated rings. The minimum atomic E-state index is -0.779. The lowest BCUT2D eigenvalue weighted by Crippen LogP contribution is -2.06. The van der Waals surface area contributed by atoms with Gasteiger partial charge < -0.3 is 19.1 Å². The molecule has 0 saturated carbocycles. The molecule has 4 rings (SSSR count). The van der Waals surface area contributed by atoms with Crippen molar-refractivity contribution in [1.29, 1.82) is 0 Å². The number of aromatic nitrogens is 2. The number of fused-ring (bicyclic) bond motifs is 1.